The molecule has 24 heavy (non-hydrogen) atoms. The number of hydrogen-bond donors (Lipinski definition) is 1. The smallest absolute Gasteiger partial charge is 0.313 e. The Labute approximate surface area is 145 Å². The van der Waals surface area contributed by atoms with Gasteiger partial charge in [0.2, 0.25) is 0 Å². The summed E-state index contributed by atoms with van der Waals surface area (Å²) in [6.45, 7) is 9.01. The Balaban J connectivity index is 2.37. The summed E-state index contributed by atoms with van der Waals surface area (Å²) in [6.07, 6.45) is 0.567. The van der Waals surface area contributed by atoms with Crippen LogP contribution >= 0.6 is 0 Å². The summed E-state index contributed by atoms with van der Waals surface area (Å²) in [5.41, 5.74) is 4.40. The second-order valence-corrected chi connectivity index (χ2v) is 12.1. The zero-order valence-electron chi connectivity index (χ0n) is 14.8. The fourth-order valence-corrected chi connectivity index (χ4v) is 3.52. The molecule has 0 aliphatic carbocycles. The zero-order valence-corrected chi connectivity index (χ0v) is 15.8. The highest BCUT2D eigenvalue weighted by Crippen LogP contribution is 2.35. The third kappa shape index (κ3) is 4.94. The molecule has 2 rings (SSSR count). The molecule has 0 bridgehead atoms. The van der Waals surface area contributed by atoms with Crippen molar-refractivity contribution in [2.45, 2.75) is 38.8 Å². The highest BCUT2D eigenvalue weighted by atomic mass is 28.3. The van der Waals surface area contributed by atoms with Gasteiger partial charge in [-0.15, -0.1) is 11.5 Å². The van der Waals surface area contributed by atoms with Crippen LogP contribution in [0, 0.1) is 23.3 Å². The van der Waals surface area contributed by atoms with Gasteiger partial charge in [-0.2, -0.15) is 0 Å². The average Bonchev–Trinajstić information content (AvgIpc) is 2.92. The number of rotatable bonds is 5. The molecular formula is C19H26O4Si. The highest BCUT2D eigenvalue weighted by molar-refractivity contribution is 6.83. The van der Waals surface area contributed by atoms with Gasteiger partial charge in [-0.25, -0.2) is 0 Å². The molecule has 0 spiro atoms. The first-order valence-corrected chi connectivity index (χ1v) is 11.8. The molecule has 0 amide bonds. The maximum Gasteiger partial charge on any atom is 0.313 e. The van der Waals surface area contributed by atoms with E-state index in [4.69, 9.17) is 9.47 Å². The first kappa shape index (κ1) is 18.7. The maximum absolute atomic E-state index is 12.0. The number of aliphatic carboxylic acids is 1. The summed E-state index contributed by atoms with van der Waals surface area (Å²) in [6, 6.07) is 9.86. The minimum atomic E-state index is -1.62. The van der Waals surface area contributed by atoms with Crippen molar-refractivity contribution in [3.8, 4) is 11.5 Å². The first-order chi connectivity index (χ1) is 11.2. The van der Waals surface area contributed by atoms with Crippen LogP contribution in [0.1, 0.15) is 12.5 Å². The van der Waals surface area contributed by atoms with Crippen LogP contribution in [0.15, 0.2) is 30.3 Å². The van der Waals surface area contributed by atoms with Gasteiger partial charge in [0.05, 0.1) is 13.2 Å². The fraction of sp³-hybridized carbons (Fsp3) is 0.526. The van der Waals surface area contributed by atoms with Gasteiger partial charge in [-0.1, -0.05) is 50.0 Å². The summed E-state index contributed by atoms with van der Waals surface area (Å²) < 4.78 is 11.3. The summed E-state index contributed by atoms with van der Waals surface area (Å²) in [4.78, 5) is 12.0. The molecule has 2 unspecified atom stereocenters. The molecule has 0 aromatic heterocycles. The van der Waals surface area contributed by atoms with Crippen molar-refractivity contribution >= 4 is 14.0 Å². The van der Waals surface area contributed by atoms with E-state index in [-0.39, 0.29) is 5.92 Å². The van der Waals surface area contributed by atoms with Crippen LogP contribution in [0.2, 0.25) is 19.6 Å². The van der Waals surface area contributed by atoms with Crippen LogP contribution in [-0.4, -0.2) is 38.2 Å². The Morgan fingerprint density at radius 3 is 2.33 bits per heavy atom. The maximum atomic E-state index is 12.0. The van der Waals surface area contributed by atoms with E-state index >= 15 is 0 Å². The normalized spacial score (nSPS) is 19.2. The van der Waals surface area contributed by atoms with Gasteiger partial charge in [0.25, 0.3) is 0 Å². The molecule has 4 nitrogen and oxygen atoms in total. The van der Waals surface area contributed by atoms with Crippen molar-refractivity contribution in [1.29, 1.82) is 0 Å². The first-order valence-electron chi connectivity index (χ1n) is 8.29. The molecule has 1 aliphatic heterocycles. The predicted octanol–water partition coefficient (Wildman–Crippen LogP) is 3.19. The Kier molecular flexibility index (Phi) is 5.86. The van der Waals surface area contributed by atoms with E-state index < -0.39 is 25.7 Å². The number of ether oxygens (including phenoxy) is 2. The Morgan fingerprint density at radius 1 is 1.25 bits per heavy atom. The summed E-state index contributed by atoms with van der Waals surface area (Å²) in [7, 11) is -1.62. The number of hydrogen-bond acceptors (Lipinski definition) is 3. The van der Waals surface area contributed by atoms with Crippen molar-refractivity contribution in [1.82, 2.24) is 0 Å². The topological polar surface area (TPSA) is 55.8 Å². The summed E-state index contributed by atoms with van der Waals surface area (Å²) >= 11 is 0. The molecule has 0 saturated carbocycles. The van der Waals surface area contributed by atoms with Crippen LogP contribution in [0.4, 0.5) is 0 Å². The van der Waals surface area contributed by atoms with Crippen LogP contribution in [-0.2, 0) is 20.7 Å². The van der Waals surface area contributed by atoms with Crippen molar-refractivity contribution in [3.63, 3.8) is 0 Å². The van der Waals surface area contributed by atoms with Crippen molar-refractivity contribution in [3.05, 3.63) is 35.9 Å². The van der Waals surface area contributed by atoms with E-state index in [0.717, 1.165) is 5.56 Å². The summed E-state index contributed by atoms with van der Waals surface area (Å²) in [5, 5.41) is 9.86. The monoisotopic (exact) mass is 346 g/mol. The second-order valence-electron chi connectivity index (χ2n) is 7.34. The van der Waals surface area contributed by atoms with Crippen molar-refractivity contribution < 1.29 is 19.4 Å². The zero-order chi connectivity index (χ0) is 17.8. The van der Waals surface area contributed by atoms with E-state index in [2.05, 4.69) is 31.1 Å². The molecule has 1 aromatic rings. The molecule has 1 aliphatic rings. The Morgan fingerprint density at radius 2 is 1.83 bits per heavy atom. The van der Waals surface area contributed by atoms with Crippen LogP contribution in [0.5, 0.6) is 0 Å². The van der Waals surface area contributed by atoms with Gasteiger partial charge in [0.15, 0.2) is 5.79 Å². The molecule has 130 valence electrons. The standard InChI is InChI=1S/C19H26O4Si/c1-19(22-11-12-23-19)17(18(20)21)16(10-13-24(2,3)4)14-15-8-6-5-7-9-15/h5-9,16-17H,11-12,14H2,1-4H3,(H,20,21). The van der Waals surface area contributed by atoms with Crippen LogP contribution in [0.25, 0.3) is 0 Å². The van der Waals surface area contributed by atoms with Crippen LogP contribution < -0.4 is 0 Å². The van der Waals surface area contributed by atoms with Gasteiger partial charge in [-0.3, -0.25) is 4.79 Å². The number of carboxylic acids is 1. The number of benzene rings is 1. The minimum Gasteiger partial charge on any atom is -0.481 e. The lowest BCUT2D eigenvalue weighted by Gasteiger charge is -2.33. The predicted molar refractivity (Wildman–Crippen MR) is 96.2 cm³/mol. The van der Waals surface area contributed by atoms with E-state index in [1.807, 2.05) is 30.3 Å². The average molecular weight is 346 g/mol. The lowest BCUT2D eigenvalue weighted by molar-refractivity contribution is -0.202. The Hall–Kier alpha value is -1.61. The molecule has 1 saturated heterocycles. The molecule has 1 aromatic carbocycles. The molecule has 0 radical (unpaired) electrons. The van der Waals surface area contributed by atoms with E-state index in [1.54, 1.807) is 6.92 Å². The van der Waals surface area contributed by atoms with E-state index in [0.29, 0.717) is 19.6 Å². The lowest BCUT2D eigenvalue weighted by atomic mass is 9.82. The van der Waals surface area contributed by atoms with Gasteiger partial charge in [0, 0.05) is 5.92 Å². The number of carboxylic acid groups (broad SMARTS) is 1. The van der Waals surface area contributed by atoms with Gasteiger partial charge in [0.1, 0.15) is 14.0 Å². The van der Waals surface area contributed by atoms with E-state index in [1.165, 1.54) is 0 Å². The third-order valence-corrected chi connectivity index (χ3v) is 4.92. The number of carbonyl (C=O) groups is 1. The minimum absolute atomic E-state index is 0.361. The van der Waals surface area contributed by atoms with Crippen LogP contribution in [0.3, 0.4) is 0 Å². The second kappa shape index (κ2) is 7.52. The van der Waals surface area contributed by atoms with Gasteiger partial charge in [-0.05, 0) is 18.9 Å². The fourth-order valence-electron chi connectivity index (χ4n) is 2.90. The van der Waals surface area contributed by atoms with Gasteiger partial charge >= 0.3 is 5.97 Å². The molecule has 1 fully saturated rings. The molecule has 2 atom stereocenters. The highest BCUT2D eigenvalue weighted by Gasteiger charge is 2.48. The Bertz CT molecular complexity index is 618. The molecular weight excluding hydrogens is 320 g/mol. The lowest BCUT2D eigenvalue weighted by Crippen LogP contribution is -2.45. The van der Waals surface area contributed by atoms with E-state index in [9.17, 15) is 9.90 Å². The van der Waals surface area contributed by atoms with Crippen molar-refractivity contribution in [2.24, 2.45) is 11.8 Å². The largest absolute Gasteiger partial charge is 0.481 e. The quantitative estimate of drug-likeness (QED) is 0.657. The van der Waals surface area contributed by atoms with Gasteiger partial charge < -0.3 is 14.6 Å². The molecule has 1 N–H and O–H groups in total. The SMILES string of the molecule is CC1(C(C(=O)O)C(C#C[Si](C)(C)C)Cc2ccccc2)OCCO1. The third-order valence-electron chi connectivity index (χ3n) is 4.03. The van der Waals surface area contributed by atoms with Crippen molar-refractivity contribution in [2.75, 3.05) is 13.2 Å². The molecule has 5 heteroatoms. The summed E-state index contributed by atoms with van der Waals surface area (Å²) in [5.74, 6) is 0.0203. The molecule has 1 heterocycles.